The molecule has 0 radical (unpaired) electrons. The van der Waals surface area contributed by atoms with Crippen molar-refractivity contribution in [2.24, 2.45) is 0 Å². The summed E-state index contributed by atoms with van der Waals surface area (Å²) in [6.45, 7) is 2.64. The Hall–Kier alpha value is -4.44. The van der Waals surface area contributed by atoms with Gasteiger partial charge in [-0.15, -0.1) is 0 Å². The van der Waals surface area contributed by atoms with Gasteiger partial charge in [0.1, 0.15) is 0 Å². The fraction of sp³-hybridized carbons (Fsp3) is 0.154. The van der Waals surface area contributed by atoms with Crippen LogP contribution in [0.1, 0.15) is 34.1 Å². The molecule has 0 spiro atoms. The van der Waals surface area contributed by atoms with Gasteiger partial charge in [0.25, 0.3) is 5.91 Å². The third-order valence-electron chi connectivity index (χ3n) is 5.17. The minimum absolute atomic E-state index is 0.127. The van der Waals surface area contributed by atoms with Crippen LogP contribution in [0.5, 0.6) is 0 Å². The zero-order valence-electron chi connectivity index (χ0n) is 18.1. The van der Waals surface area contributed by atoms with Gasteiger partial charge >= 0.3 is 5.97 Å². The molecule has 4 rings (SSSR count). The van der Waals surface area contributed by atoms with E-state index in [9.17, 15) is 9.59 Å². The van der Waals surface area contributed by atoms with Crippen molar-refractivity contribution >= 4 is 28.5 Å². The number of benzene rings is 3. The van der Waals surface area contributed by atoms with E-state index in [0.717, 1.165) is 16.5 Å². The van der Waals surface area contributed by atoms with E-state index < -0.39 is 0 Å². The topological polar surface area (TPSA) is 97.0 Å². The van der Waals surface area contributed by atoms with Crippen LogP contribution >= 0.6 is 0 Å². The number of rotatable bonds is 7. The standard InChI is InChI=1S/C26H22N4O3/c1-2-33-25(31)15-23-22-5-3-4-6-24(22)30(29-23)17-19-9-13-21(14-10-19)28-26(32)20-11-7-18(16-27)8-12-20/h3-14H,2,15,17H2,1H3,(H,28,32). The highest BCUT2D eigenvalue weighted by atomic mass is 16.5. The van der Waals surface area contributed by atoms with Gasteiger partial charge in [0.2, 0.25) is 0 Å². The van der Waals surface area contributed by atoms with Gasteiger partial charge in [-0.1, -0.05) is 30.3 Å². The number of amides is 1. The van der Waals surface area contributed by atoms with Gasteiger partial charge in [-0.3, -0.25) is 14.3 Å². The molecule has 0 aliphatic heterocycles. The fourth-order valence-corrected chi connectivity index (χ4v) is 3.56. The second-order valence-corrected chi connectivity index (χ2v) is 7.44. The maximum Gasteiger partial charge on any atom is 0.311 e. The molecule has 7 nitrogen and oxygen atoms in total. The van der Waals surface area contributed by atoms with Gasteiger partial charge in [0.15, 0.2) is 0 Å². The zero-order chi connectivity index (χ0) is 23.2. The molecule has 1 amide bonds. The third-order valence-corrected chi connectivity index (χ3v) is 5.17. The number of carbonyl (C=O) groups is 2. The van der Waals surface area contributed by atoms with Gasteiger partial charge in [-0.25, -0.2) is 0 Å². The smallest absolute Gasteiger partial charge is 0.311 e. The van der Waals surface area contributed by atoms with Crippen LogP contribution in [0.4, 0.5) is 5.69 Å². The molecule has 7 heteroatoms. The second kappa shape index (κ2) is 9.79. The van der Waals surface area contributed by atoms with E-state index in [1.165, 1.54) is 0 Å². The average molecular weight is 438 g/mol. The lowest BCUT2D eigenvalue weighted by atomic mass is 10.1. The monoisotopic (exact) mass is 438 g/mol. The lowest BCUT2D eigenvalue weighted by molar-refractivity contribution is -0.142. The Morgan fingerprint density at radius 2 is 1.76 bits per heavy atom. The number of anilines is 1. The van der Waals surface area contributed by atoms with Crippen LogP contribution in [-0.4, -0.2) is 28.3 Å². The van der Waals surface area contributed by atoms with Crippen molar-refractivity contribution in [2.75, 3.05) is 11.9 Å². The van der Waals surface area contributed by atoms with Crippen molar-refractivity contribution in [3.8, 4) is 6.07 Å². The van der Waals surface area contributed by atoms with Crippen molar-refractivity contribution < 1.29 is 14.3 Å². The van der Waals surface area contributed by atoms with Crippen molar-refractivity contribution in [3.63, 3.8) is 0 Å². The third kappa shape index (κ3) is 5.08. The first-order chi connectivity index (χ1) is 16.1. The predicted octanol–water partition coefficient (Wildman–Crippen LogP) is 4.31. The molecule has 1 aromatic heterocycles. The summed E-state index contributed by atoms with van der Waals surface area (Å²) < 4.78 is 6.94. The number of hydrogen-bond acceptors (Lipinski definition) is 5. The molecular formula is C26H22N4O3. The Morgan fingerprint density at radius 3 is 2.45 bits per heavy atom. The Labute approximate surface area is 191 Å². The zero-order valence-corrected chi connectivity index (χ0v) is 18.1. The van der Waals surface area contributed by atoms with Crippen LogP contribution in [0.3, 0.4) is 0 Å². The highest BCUT2D eigenvalue weighted by molar-refractivity contribution is 6.04. The molecule has 1 N–H and O–H groups in total. The molecule has 0 saturated carbocycles. The van der Waals surface area contributed by atoms with Crippen molar-refractivity contribution in [3.05, 3.63) is 95.2 Å². The molecule has 164 valence electrons. The number of nitrogens with zero attached hydrogens (tertiary/aromatic N) is 3. The lowest BCUT2D eigenvalue weighted by Crippen LogP contribution is -2.12. The molecule has 1 heterocycles. The second-order valence-electron chi connectivity index (χ2n) is 7.44. The summed E-state index contributed by atoms with van der Waals surface area (Å²) in [7, 11) is 0. The van der Waals surface area contributed by atoms with Gasteiger partial charge < -0.3 is 10.1 Å². The molecule has 0 saturated heterocycles. The van der Waals surface area contributed by atoms with E-state index >= 15 is 0 Å². The molecule has 0 fully saturated rings. The summed E-state index contributed by atoms with van der Waals surface area (Å²) >= 11 is 0. The fourth-order valence-electron chi connectivity index (χ4n) is 3.56. The number of nitriles is 1. The van der Waals surface area contributed by atoms with Crippen LogP contribution in [0.15, 0.2) is 72.8 Å². The maximum absolute atomic E-state index is 12.4. The molecule has 0 atom stereocenters. The maximum atomic E-state index is 12.4. The van der Waals surface area contributed by atoms with Gasteiger partial charge in [0.05, 0.1) is 42.4 Å². The van der Waals surface area contributed by atoms with Gasteiger partial charge in [-0.05, 0) is 55.0 Å². The summed E-state index contributed by atoms with van der Waals surface area (Å²) in [6, 6.07) is 23.8. The number of nitrogens with one attached hydrogen (secondary N) is 1. The Balaban J connectivity index is 1.48. The Morgan fingerprint density at radius 1 is 1.03 bits per heavy atom. The Kier molecular flexibility index (Phi) is 6.46. The normalized spacial score (nSPS) is 10.5. The Bertz CT molecular complexity index is 1330. The van der Waals surface area contributed by atoms with Crippen LogP contribution in [0.2, 0.25) is 0 Å². The SMILES string of the molecule is CCOC(=O)Cc1nn(Cc2ccc(NC(=O)c3ccc(C#N)cc3)cc2)c2ccccc12. The van der Waals surface area contributed by atoms with E-state index in [-0.39, 0.29) is 18.3 Å². The first kappa shape index (κ1) is 21.8. The van der Waals surface area contributed by atoms with Crippen molar-refractivity contribution in [2.45, 2.75) is 19.9 Å². The predicted molar refractivity (Wildman–Crippen MR) is 125 cm³/mol. The number of hydrogen-bond donors (Lipinski definition) is 1. The van der Waals surface area contributed by atoms with Crippen LogP contribution in [-0.2, 0) is 22.5 Å². The van der Waals surface area contributed by atoms with E-state index in [0.29, 0.717) is 35.7 Å². The lowest BCUT2D eigenvalue weighted by Gasteiger charge is -2.08. The number of para-hydroxylation sites is 1. The first-order valence-electron chi connectivity index (χ1n) is 10.6. The summed E-state index contributed by atoms with van der Waals surface area (Å²) in [6.07, 6.45) is 0.127. The van der Waals surface area contributed by atoms with Crippen molar-refractivity contribution in [1.29, 1.82) is 5.26 Å². The van der Waals surface area contributed by atoms with Crippen LogP contribution in [0.25, 0.3) is 10.9 Å². The minimum atomic E-state index is -0.296. The summed E-state index contributed by atoms with van der Waals surface area (Å²) in [4.78, 5) is 24.4. The molecule has 4 aromatic rings. The van der Waals surface area contributed by atoms with Gasteiger partial charge in [-0.2, -0.15) is 10.4 Å². The molecule has 0 aliphatic rings. The number of fused-ring (bicyclic) bond motifs is 1. The molecule has 33 heavy (non-hydrogen) atoms. The summed E-state index contributed by atoms with van der Waals surface area (Å²) in [5, 5.41) is 17.3. The number of esters is 1. The molecular weight excluding hydrogens is 416 g/mol. The van der Waals surface area contributed by atoms with E-state index in [1.807, 2.05) is 59.3 Å². The van der Waals surface area contributed by atoms with Gasteiger partial charge in [0, 0.05) is 16.6 Å². The number of aromatic nitrogens is 2. The minimum Gasteiger partial charge on any atom is -0.466 e. The molecule has 0 unspecified atom stereocenters. The highest BCUT2D eigenvalue weighted by Crippen LogP contribution is 2.21. The quantitative estimate of drug-likeness (QED) is 0.434. The first-order valence-corrected chi connectivity index (χ1v) is 10.6. The molecule has 0 aliphatic carbocycles. The van der Waals surface area contributed by atoms with Crippen molar-refractivity contribution in [1.82, 2.24) is 9.78 Å². The largest absolute Gasteiger partial charge is 0.466 e. The number of carbonyl (C=O) groups excluding carboxylic acids is 2. The highest BCUT2D eigenvalue weighted by Gasteiger charge is 2.14. The van der Waals surface area contributed by atoms with Crippen LogP contribution in [0, 0.1) is 11.3 Å². The van der Waals surface area contributed by atoms with E-state index in [2.05, 4.69) is 10.4 Å². The van der Waals surface area contributed by atoms with Crippen LogP contribution < -0.4 is 5.32 Å². The summed E-state index contributed by atoms with van der Waals surface area (Å²) in [5.74, 6) is -0.538. The average Bonchev–Trinajstić information content (AvgIpc) is 3.17. The number of ether oxygens (including phenoxy) is 1. The molecule has 3 aromatic carbocycles. The summed E-state index contributed by atoms with van der Waals surface area (Å²) in [5.41, 5.74) is 4.29. The molecule has 0 bridgehead atoms. The van der Waals surface area contributed by atoms with E-state index in [4.69, 9.17) is 10.00 Å². The van der Waals surface area contributed by atoms with E-state index in [1.54, 1.807) is 31.2 Å².